The molecule has 2 aromatic carbocycles. The van der Waals surface area contributed by atoms with Gasteiger partial charge in [0.2, 0.25) is 5.91 Å². The lowest BCUT2D eigenvalue weighted by Crippen LogP contribution is -2.14. The second-order valence-corrected chi connectivity index (χ2v) is 4.94. The van der Waals surface area contributed by atoms with Gasteiger partial charge in [0.15, 0.2) is 0 Å². The summed E-state index contributed by atoms with van der Waals surface area (Å²) >= 11 is 0. The monoisotopic (exact) mass is 271 g/mol. The highest BCUT2D eigenvalue weighted by atomic mass is 19.1. The lowest BCUT2D eigenvalue weighted by atomic mass is 10.1. The number of nitrogens with one attached hydrogen (secondary N) is 1. The number of aryl methyl sites for hydroxylation is 3. The third-order valence-corrected chi connectivity index (χ3v) is 3.30. The van der Waals surface area contributed by atoms with E-state index in [4.69, 9.17) is 0 Å². The number of anilines is 1. The van der Waals surface area contributed by atoms with E-state index in [0.29, 0.717) is 12.8 Å². The SMILES string of the molecule is Cc1cccc(C)c1NC(=O)CCc1ccc(F)cc1. The van der Waals surface area contributed by atoms with E-state index in [-0.39, 0.29) is 11.7 Å². The van der Waals surface area contributed by atoms with Gasteiger partial charge in [-0.1, -0.05) is 30.3 Å². The third kappa shape index (κ3) is 3.67. The quantitative estimate of drug-likeness (QED) is 0.894. The Morgan fingerprint density at radius 1 is 1.05 bits per heavy atom. The summed E-state index contributed by atoms with van der Waals surface area (Å²) in [6.07, 6.45) is 0.996. The van der Waals surface area contributed by atoms with Crippen LogP contribution in [0.3, 0.4) is 0 Å². The van der Waals surface area contributed by atoms with Gasteiger partial charge in [-0.2, -0.15) is 0 Å². The van der Waals surface area contributed by atoms with Crippen LogP contribution in [-0.2, 0) is 11.2 Å². The van der Waals surface area contributed by atoms with Gasteiger partial charge in [0.1, 0.15) is 5.82 Å². The molecular weight excluding hydrogens is 253 g/mol. The van der Waals surface area contributed by atoms with E-state index in [1.165, 1.54) is 12.1 Å². The summed E-state index contributed by atoms with van der Waals surface area (Å²) in [5.74, 6) is -0.277. The predicted molar refractivity (Wildman–Crippen MR) is 79.3 cm³/mol. The van der Waals surface area contributed by atoms with E-state index in [2.05, 4.69) is 5.32 Å². The standard InChI is InChI=1S/C17H18FNO/c1-12-4-3-5-13(2)17(12)19-16(20)11-8-14-6-9-15(18)10-7-14/h3-7,9-10H,8,11H2,1-2H3,(H,19,20). The molecule has 0 saturated heterocycles. The molecule has 20 heavy (non-hydrogen) atoms. The van der Waals surface area contributed by atoms with Gasteiger partial charge in [-0.3, -0.25) is 4.79 Å². The van der Waals surface area contributed by atoms with Crippen molar-refractivity contribution in [3.05, 3.63) is 65.0 Å². The van der Waals surface area contributed by atoms with Crippen molar-refractivity contribution in [2.45, 2.75) is 26.7 Å². The van der Waals surface area contributed by atoms with E-state index in [0.717, 1.165) is 22.4 Å². The number of amides is 1. The average molecular weight is 271 g/mol. The Bertz CT molecular complexity index is 585. The summed E-state index contributed by atoms with van der Waals surface area (Å²) in [7, 11) is 0. The maximum Gasteiger partial charge on any atom is 0.224 e. The van der Waals surface area contributed by atoms with E-state index in [1.54, 1.807) is 12.1 Å². The molecule has 1 N–H and O–H groups in total. The highest BCUT2D eigenvalue weighted by Gasteiger charge is 2.07. The molecule has 0 aliphatic heterocycles. The topological polar surface area (TPSA) is 29.1 Å². The summed E-state index contributed by atoms with van der Waals surface area (Å²) < 4.78 is 12.8. The molecule has 2 aromatic rings. The van der Waals surface area contributed by atoms with E-state index < -0.39 is 0 Å². The van der Waals surface area contributed by atoms with Crippen molar-refractivity contribution in [2.24, 2.45) is 0 Å². The molecule has 2 rings (SSSR count). The first-order chi connectivity index (χ1) is 9.56. The molecule has 0 fully saturated rings. The van der Waals surface area contributed by atoms with Gasteiger partial charge in [-0.15, -0.1) is 0 Å². The van der Waals surface area contributed by atoms with Crippen molar-refractivity contribution in [1.29, 1.82) is 0 Å². The van der Waals surface area contributed by atoms with Crippen molar-refractivity contribution >= 4 is 11.6 Å². The summed E-state index contributed by atoms with van der Waals surface area (Å²) in [6, 6.07) is 12.2. The molecule has 0 aromatic heterocycles. The van der Waals surface area contributed by atoms with Gasteiger partial charge in [-0.05, 0) is 49.1 Å². The molecule has 0 bridgehead atoms. The van der Waals surface area contributed by atoms with Crippen LogP contribution < -0.4 is 5.32 Å². The van der Waals surface area contributed by atoms with Crippen LogP contribution in [0.15, 0.2) is 42.5 Å². The number of para-hydroxylation sites is 1. The van der Waals surface area contributed by atoms with Crippen LogP contribution in [0.1, 0.15) is 23.1 Å². The molecule has 0 saturated carbocycles. The minimum absolute atomic E-state index is 0.0216. The van der Waals surface area contributed by atoms with Crippen LogP contribution in [-0.4, -0.2) is 5.91 Å². The zero-order valence-corrected chi connectivity index (χ0v) is 11.7. The van der Waals surface area contributed by atoms with Crippen LogP contribution in [0.2, 0.25) is 0 Å². The van der Waals surface area contributed by atoms with Gasteiger partial charge < -0.3 is 5.32 Å². The Hall–Kier alpha value is -2.16. The zero-order valence-electron chi connectivity index (χ0n) is 11.7. The number of carbonyl (C=O) groups is 1. The summed E-state index contributed by atoms with van der Waals surface area (Å²) in [5, 5.41) is 2.95. The Morgan fingerprint density at radius 2 is 1.65 bits per heavy atom. The second kappa shape index (κ2) is 6.33. The molecule has 3 heteroatoms. The van der Waals surface area contributed by atoms with E-state index in [1.807, 2.05) is 32.0 Å². The molecule has 0 aliphatic carbocycles. The Labute approximate surface area is 118 Å². The molecule has 0 radical (unpaired) electrons. The predicted octanol–water partition coefficient (Wildman–Crippen LogP) is 4.01. The lowest BCUT2D eigenvalue weighted by Gasteiger charge is -2.11. The lowest BCUT2D eigenvalue weighted by molar-refractivity contribution is -0.116. The third-order valence-electron chi connectivity index (χ3n) is 3.30. The highest BCUT2D eigenvalue weighted by Crippen LogP contribution is 2.19. The Morgan fingerprint density at radius 3 is 2.25 bits per heavy atom. The summed E-state index contributed by atoms with van der Waals surface area (Å²) in [5.41, 5.74) is 3.96. The minimum Gasteiger partial charge on any atom is -0.326 e. The molecular formula is C17H18FNO. The number of halogens is 1. The number of rotatable bonds is 4. The summed E-state index contributed by atoms with van der Waals surface area (Å²) in [6.45, 7) is 3.95. The maximum absolute atomic E-state index is 12.8. The normalized spacial score (nSPS) is 10.3. The molecule has 0 aliphatic rings. The van der Waals surface area contributed by atoms with Crippen LogP contribution in [0, 0.1) is 19.7 Å². The zero-order chi connectivity index (χ0) is 14.5. The maximum atomic E-state index is 12.8. The van der Waals surface area contributed by atoms with Crippen LogP contribution >= 0.6 is 0 Å². The van der Waals surface area contributed by atoms with Crippen molar-refractivity contribution < 1.29 is 9.18 Å². The fraction of sp³-hybridized carbons (Fsp3) is 0.235. The average Bonchev–Trinajstić information content (AvgIpc) is 2.42. The Kier molecular flexibility index (Phi) is 4.51. The van der Waals surface area contributed by atoms with Crippen LogP contribution in [0.4, 0.5) is 10.1 Å². The van der Waals surface area contributed by atoms with Gasteiger partial charge in [-0.25, -0.2) is 4.39 Å². The summed E-state index contributed by atoms with van der Waals surface area (Å²) in [4.78, 5) is 12.0. The highest BCUT2D eigenvalue weighted by molar-refractivity contribution is 5.92. The van der Waals surface area contributed by atoms with Gasteiger partial charge in [0, 0.05) is 12.1 Å². The van der Waals surface area contributed by atoms with Crippen molar-refractivity contribution in [2.75, 3.05) is 5.32 Å². The number of hydrogen-bond acceptors (Lipinski definition) is 1. The fourth-order valence-electron chi connectivity index (χ4n) is 2.12. The molecule has 0 atom stereocenters. The van der Waals surface area contributed by atoms with E-state index >= 15 is 0 Å². The molecule has 104 valence electrons. The van der Waals surface area contributed by atoms with E-state index in [9.17, 15) is 9.18 Å². The molecule has 1 amide bonds. The second-order valence-electron chi connectivity index (χ2n) is 4.94. The smallest absolute Gasteiger partial charge is 0.224 e. The van der Waals surface area contributed by atoms with Crippen molar-refractivity contribution in [1.82, 2.24) is 0 Å². The van der Waals surface area contributed by atoms with Crippen LogP contribution in [0.25, 0.3) is 0 Å². The van der Waals surface area contributed by atoms with Gasteiger partial charge in [0.05, 0.1) is 0 Å². The van der Waals surface area contributed by atoms with Crippen molar-refractivity contribution in [3.8, 4) is 0 Å². The van der Waals surface area contributed by atoms with Crippen LogP contribution in [0.5, 0.6) is 0 Å². The Balaban J connectivity index is 1.94. The van der Waals surface area contributed by atoms with Gasteiger partial charge >= 0.3 is 0 Å². The molecule has 2 nitrogen and oxygen atoms in total. The first-order valence-corrected chi connectivity index (χ1v) is 6.67. The molecule has 0 spiro atoms. The largest absolute Gasteiger partial charge is 0.326 e. The number of carbonyl (C=O) groups excluding carboxylic acids is 1. The van der Waals surface area contributed by atoms with Crippen molar-refractivity contribution in [3.63, 3.8) is 0 Å². The minimum atomic E-state index is -0.256. The first-order valence-electron chi connectivity index (χ1n) is 6.67. The molecule has 0 unspecified atom stereocenters. The number of benzene rings is 2. The number of hydrogen-bond donors (Lipinski definition) is 1. The van der Waals surface area contributed by atoms with Gasteiger partial charge in [0.25, 0.3) is 0 Å². The first kappa shape index (κ1) is 14.3. The molecule has 0 heterocycles. The fourth-order valence-corrected chi connectivity index (χ4v) is 2.12.